The number of rotatable bonds is 7. The Bertz CT molecular complexity index is 372. The van der Waals surface area contributed by atoms with E-state index in [1.807, 2.05) is 7.05 Å². The molecule has 0 bridgehead atoms. The Labute approximate surface area is 146 Å². The highest BCUT2D eigenvalue weighted by Gasteiger charge is 2.26. The molecule has 1 aliphatic heterocycles. The lowest BCUT2D eigenvalue weighted by Gasteiger charge is -2.37. The molecule has 1 saturated carbocycles. The van der Waals surface area contributed by atoms with Crippen molar-refractivity contribution in [1.29, 1.82) is 0 Å². The summed E-state index contributed by atoms with van der Waals surface area (Å²) in [6.07, 6.45) is 6.71. The van der Waals surface area contributed by atoms with Gasteiger partial charge < -0.3 is 21.3 Å². The number of amides is 2. The predicted molar refractivity (Wildman–Crippen MR) is 97.6 cm³/mol. The van der Waals surface area contributed by atoms with Gasteiger partial charge >= 0.3 is 6.03 Å². The Kier molecular flexibility index (Phi) is 8.24. The van der Waals surface area contributed by atoms with Crippen LogP contribution in [0.5, 0.6) is 0 Å². The van der Waals surface area contributed by atoms with Gasteiger partial charge in [0.25, 0.3) is 0 Å². The second-order valence-electron chi connectivity index (χ2n) is 7.44. The first-order valence-corrected chi connectivity index (χ1v) is 9.54. The van der Waals surface area contributed by atoms with Crippen LogP contribution in [0.15, 0.2) is 0 Å². The maximum absolute atomic E-state index is 12.2. The third kappa shape index (κ3) is 6.93. The standard InChI is InChI=1S/C17H36N6O/c1-12-5-7-14(8-6-12)21-17(24)23-16-20-13(2)11-15(22-16)19-10-4-9-18-3/h12-16,18-20,22H,4-11H2,1-3H3,(H2,21,23,24). The highest BCUT2D eigenvalue weighted by atomic mass is 16.2. The van der Waals surface area contributed by atoms with E-state index in [1.54, 1.807) is 0 Å². The molecule has 7 heteroatoms. The minimum absolute atomic E-state index is 0.0809. The highest BCUT2D eigenvalue weighted by molar-refractivity contribution is 5.74. The first-order chi connectivity index (χ1) is 11.6. The number of nitrogens with one attached hydrogen (secondary N) is 6. The quantitative estimate of drug-likeness (QED) is 0.383. The van der Waals surface area contributed by atoms with Gasteiger partial charge in [-0.25, -0.2) is 4.79 Å². The van der Waals surface area contributed by atoms with Crippen molar-refractivity contribution >= 4 is 6.03 Å². The molecule has 0 aromatic rings. The number of carbonyl (C=O) groups excluding carboxylic acids is 1. The second-order valence-corrected chi connectivity index (χ2v) is 7.44. The summed E-state index contributed by atoms with van der Waals surface area (Å²) >= 11 is 0. The molecule has 140 valence electrons. The molecule has 3 atom stereocenters. The van der Waals surface area contributed by atoms with Crippen LogP contribution < -0.4 is 31.9 Å². The van der Waals surface area contributed by atoms with Crippen LogP contribution in [-0.2, 0) is 0 Å². The number of urea groups is 1. The molecule has 1 heterocycles. The molecule has 1 saturated heterocycles. The Morgan fingerprint density at radius 1 is 1.04 bits per heavy atom. The van der Waals surface area contributed by atoms with E-state index in [1.165, 1.54) is 12.8 Å². The highest BCUT2D eigenvalue weighted by Crippen LogP contribution is 2.23. The minimum Gasteiger partial charge on any atom is -0.335 e. The molecule has 1 aliphatic carbocycles. The fourth-order valence-corrected chi connectivity index (χ4v) is 3.55. The Balaban J connectivity index is 1.69. The van der Waals surface area contributed by atoms with Gasteiger partial charge in [0.2, 0.25) is 0 Å². The van der Waals surface area contributed by atoms with Crippen molar-refractivity contribution in [3.05, 3.63) is 0 Å². The van der Waals surface area contributed by atoms with Gasteiger partial charge in [0, 0.05) is 12.1 Å². The SMILES string of the molecule is CNCCCNC1CC(C)NC(NC(=O)NC2CCC(C)CC2)N1. The van der Waals surface area contributed by atoms with E-state index in [2.05, 4.69) is 45.7 Å². The van der Waals surface area contributed by atoms with Crippen LogP contribution in [-0.4, -0.2) is 50.7 Å². The molecule has 2 fully saturated rings. The monoisotopic (exact) mass is 340 g/mol. The summed E-state index contributed by atoms with van der Waals surface area (Å²) in [7, 11) is 1.97. The molecule has 6 N–H and O–H groups in total. The summed E-state index contributed by atoms with van der Waals surface area (Å²) in [5.74, 6) is 0.795. The van der Waals surface area contributed by atoms with Crippen molar-refractivity contribution in [2.75, 3.05) is 20.1 Å². The van der Waals surface area contributed by atoms with E-state index in [-0.39, 0.29) is 18.5 Å². The first-order valence-electron chi connectivity index (χ1n) is 9.54. The van der Waals surface area contributed by atoms with Crippen molar-refractivity contribution < 1.29 is 4.79 Å². The average molecular weight is 341 g/mol. The van der Waals surface area contributed by atoms with Gasteiger partial charge in [0.1, 0.15) is 6.29 Å². The van der Waals surface area contributed by atoms with Crippen molar-refractivity contribution in [1.82, 2.24) is 31.9 Å². The third-order valence-corrected chi connectivity index (χ3v) is 5.03. The van der Waals surface area contributed by atoms with Gasteiger partial charge in [-0.05, 0) is 71.5 Å². The Morgan fingerprint density at radius 2 is 1.79 bits per heavy atom. The zero-order chi connectivity index (χ0) is 17.4. The van der Waals surface area contributed by atoms with Crippen molar-refractivity contribution in [2.24, 2.45) is 5.92 Å². The molecule has 2 rings (SSSR count). The maximum Gasteiger partial charge on any atom is 0.317 e. The molecule has 0 aromatic carbocycles. The maximum atomic E-state index is 12.2. The van der Waals surface area contributed by atoms with Crippen molar-refractivity contribution in [3.63, 3.8) is 0 Å². The van der Waals surface area contributed by atoms with Gasteiger partial charge in [-0.15, -0.1) is 0 Å². The van der Waals surface area contributed by atoms with Crippen molar-refractivity contribution in [2.45, 2.75) is 76.9 Å². The van der Waals surface area contributed by atoms with Crippen LogP contribution in [0.1, 0.15) is 52.4 Å². The molecule has 2 aliphatic rings. The third-order valence-electron chi connectivity index (χ3n) is 5.03. The van der Waals surface area contributed by atoms with Crippen LogP contribution in [0.3, 0.4) is 0 Å². The van der Waals surface area contributed by atoms with E-state index in [9.17, 15) is 4.79 Å². The number of hydrogen-bond acceptors (Lipinski definition) is 5. The number of hydrogen-bond donors (Lipinski definition) is 6. The minimum atomic E-state index is -0.196. The molecule has 2 amide bonds. The summed E-state index contributed by atoms with van der Waals surface area (Å²) in [4.78, 5) is 12.2. The summed E-state index contributed by atoms with van der Waals surface area (Å²) in [5, 5.41) is 19.6. The van der Waals surface area contributed by atoms with Crippen LogP contribution in [0.4, 0.5) is 4.79 Å². The Hall–Kier alpha value is -0.890. The van der Waals surface area contributed by atoms with Gasteiger partial charge in [-0.3, -0.25) is 10.6 Å². The van der Waals surface area contributed by atoms with Gasteiger partial charge in [-0.2, -0.15) is 0 Å². The molecule has 3 unspecified atom stereocenters. The summed E-state index contributed by atoms with van der Waals surface area (Å²) in [6, 6.07) is 0.592. The fourth-order valence-electron chi connectivity index (χ4n) is 3.55. The zero-order valence-corrected chi connectivity index (χ0v) is 15.5. The molecule has 0 aromatic heterocycles. The lowest BCUT2D eigenvalue weighted by Crippen LogP contribution is -2.68. The number of carbonyl (C=O) groups is 1. The molecular weight excluding hydrogens is 304 g/mol. The molecular formula is C17H36N6O. The molecule has 7 nitrogen and oxygen atoms in total. The second kappa shape index (κ2) is 10.2. The zero-order valence-electron chi connectivity index (χ0n) is 15.5. The summed E-state index contributed by atoms with van der Waals surface area (Å²) in [5.41, 5.74) is 0. The first kappa shape index (κ1) is 19.4. The largest absolute Gasteiger partial charge is 0.335 e. The van der Waals surface area contributed by atoms with E-state index in [0.717, 1.165) is 44.7 Å². The molecule has 0 spiro atoms. The molecule has 0 radical (unpaired) electrons. The predicted octanol–water partition coefficient (Wildman–Crippen LogP) is 0.645. The van der Waals surface area contributed by atoms with E-state index < -0.39 is 0 Å². The van der Waals surface area contributed by atoms with Crippen LogP contribution in [0.25, 0.3) is 0 Å². The van der Waals surface area contributed by atoms with Gasteiger partial charge in [-0.1, -0.05) is 6.92 Å². The summed E-state index contributed by atoms with van der Waals surface area (Å²) in [6.45, 7) is 6.41. The smallest absolute Gasteiger partial charge is 0.317 e. The van der Waals surface area contributed by atoms with E-state index >= 15 is 0 Å². The van der Waals surface area contributed by atoms with Crippen molar-refractivity contribution in [3.8, 4) is 0 Å². The fraction of sp³-hybridized carbons (Fsp3) is 0.941. The lowest BCUT2D eigenvalue weighted by atomic mass is 9.87. The van der Waals surface area contributed by atoms with Crippen LogP contribution >= 0.6 is 0 Å². The van der Waals surface area contributed by atoms with Gasteiger partial charge in [0.05, 0.1) is 6.17 Å². The normalized spacial score (nSPS) is 33.9. The summed E-state index contributed by atoms with van der Waals surface area (Å²) < 4.78 is 0. The van der Waals surface area contributed by atoms with Crippen LogP contribution in [0, 0.1) is 5.92 Å². The topological polar surface area (TPSA) is 89.2 Å². The van der Waals surface area contributed by atoms with Crippen LogP contribution in [0.2, 0.25) is 0 Å². The molecule has 24 heavy (non-hydrogen) atoms. The average Bonchev–Trinajstić information content (AvgIpc) is 2.53. The lowest BCUT2D eigenvalue weighted by molar-refractivity contribution is 0.183. The Morgan fingerprint density at radius 3 is 2.50 bits per heavy atom. The van der Waals surface area contributed by atoms with E-state index in [0.29, 0.717) is 12.1 Å². The van der Waals surface area contributed by atoms with Gasteiger partial charge in [0.15, 0.2) is 0 Å². The van der Waals surface area contributed by atoms with E-state index in [4.69, 9.17) is 0 Å².